The van der Waals surface area contributed by atoms with Crippen molar-refractivity contribution >= 4 is 5.69 Å². The van der Waals surface area contributed by atoms with Crippen LogP contribution in [-0.2, 0) is 16.1 Å². The minimum absolute atomic E-state index is 0.0372. The zero-order valence-electron chi connectivity index (χ0n) is 16.6. The van der Waals surface area contributed by atoms with Gasteiger partial charge in [-0.05, 0) is 67.9 Å². The topological polar surface area (TPSA) is 30.9 Å². The van der Waals surface area contributed by atoms with E-state index in [9.17, 15) is 0 Å². The molecule has 28 heavy (non-hydrogen) atoms. The smallest absolute Gasteiger partial charge is 0.157 e. The summed E-state index contributed by atoms with van der Waals surface area (Å²) in [5, 5.41) is 0. The van der Waals surface area contributed by atoms with Gasteiger partial charge in [0.05, 0.1) is 6.61 Å². The van der Waals surface area contributed by atoms with E-state index in [1.54, 1.807) is 0 Å². The molecule has 0 aliphatic carbocycles. The van der Waals surface area contributed by atoms with Crippen LogP contribution in [0.25, 0.3) is 0 Å². The predicted molar refractivity (Wildman–Crippen MR) is 112 cm³/mol. The van der Waals surface area contributed by atoms with Crippen molar-refractivity contribution in [1.29, 1.82) is 0 Å². The average Bonchev–Trinajstić information content (AvgIpc) is 2.78. The molecule has 2 aromatic rings. The highest BCUT2D eigenvalue weighted by Crippen LogP contribution is 2.26. The lowest BCUT2D eigenvalue weighted by atomic mass is 9.97. The first-order valence-corrected chi connectivity index (χ1v) is 10.6. The number of benzene rings is 2. The quantitative estimate of drug-likeness (QED) is 0.673. The summed E-state index contributed by atoms with van der Waals surface area (Å²) in [5.41, 5.74) is 2.47. The summed E-state index contributed by atoms with van der Waals surface area (Å²) in [6.45, 7) is 4.47. The summed E-state index contributed by atoms with van der Waals surface area (Å²) in [4.78, 5) is 2.47. The molecule has 2 aliphatic rings. The number of hydrogen-bond acceptors (Lipinski definition) is 4. The maximum atomic E-state index is 5.99. The molecule has 4 nitrogen and oxygen atoms in total. The molecule has 0 N–H and O–H groups in total. The second kappa shape index (κ2) is 9.94. The zero-order chi connectivity index (χ0) is 19.0. The Morgan fingerprint density at radius 1 is 0.893 bits per heavy atom. The SMILES string of the molecule is c1ccc(COc2ccc(N3CCC(COC4CCCCO4)CC3)cc2)cc1. The molecule has 0 radical (unpaired) electrons. The molecule has 4 heteroatoms. The fourth-order valence-corrected chi connectivity index (χ4v) is 3.94. The third-order valence-corrected chi connectivity index (χ3v) is 5.72. The van der Waals surface area contributed by atoms with Crippen molar-refractivity contribution in [3.63, 3.8) is 0 Å². The molecule has 0 aromatic heterocycles. The number of nitrogens with zero attached hydrogens (tertiary/aromatic N) is 1. The summed E-state index contributed by atoms with van der Waals surface area (Å²) in [7, 11) is 0. The van der Waals surface area contributed by atoms with Gasteiger partial charge in [0.15, 0.2) is 6.29 Å². The van der Waals surface area contributed by atoms with Gasteiger partial charge in [-0.25, -0.2) is 0 Å². The third-order valence-electron chi connectivity index (χ3n) is 5.72. The van der Waals surface area contributed by atoms with Crippen LogP contribution in [0.1, 0.15) is 37.7 Å². The average molecular weight is 382 g/mol. The normalized spacial score (nSPS) is 20.9. The molecule has 2 saturated heterocycles. The molecule has 0 amide bonds. The Morgan fingerprint density at radius 2 is 1.68 bits per heavy atom. The van der Waals surface area contributed by atoms with Gasteiger partial charge in [0.2, 0.25) is 0 Å². The van der Waals surface area contributed by atoms with Crippen molar-refractivity contribution in [2.24, 2.45) is 5.92 Å². The molecule has 2 aromatic carbocycles. The monoisotopic (exact) mass is 381 g/mol. The molecular weight excluding hydrogens is 350 g/mol. The van der Waals surface area contributed by atoms with E-state index in [-0.39, 0.29) is 6.29 Å². The summed E-state index contributed by atoms with van der Waals surface area (Å²) in [6.07, 6.45) is 5.85. The Labute approximate surface area is 168 Å². The van der Waals surface area contributed by atoms with Gasteiger partial charge in [-0.2, -0.15) is 0 Å². The largest absolute Gasteiger partial charge is 0.489 e. The highest BCUT2D eigenvalue weighted by molar-refractivity contribution is 5.49. The van der Waals surface area contributed by atoms with Gasteiger partial charge in [0.25, 0.3) is 0 Å². The zero-order valence-corrected chi connectivity index (χ0v) is 16.6. The second-order valence-corrected chi connectivity index (χ2v) is 7.83. The van der Waals surface area contributed by atoms with Crippen molar-refractivity contribution in [3.05, 3.63) is 60.2 Å². The van der Waals surface area contributed by atoms with E-state index in [1.165, 1.54) is 36.9 Å². The molecule has 150 valence electrons. The van der Waals surface area contributed by atoms with Crippen molar-refractivity contribution in [3.8, 4) is 5.75 Å². The first-order valence-electron chi connectivity index (χ1n) is 10.6. The number of anilines is 1. The van der Waals surface area contributed by atoms with Gasteiger partial charge < -0.3 is 19.1 Å². The summed E-state index contributed by atoms with van der Waals surface area (Å²) < 4.78 is 17.6. The van der Waals surface area contributed by atoms with E-state index in [0.29, 0.717) is 12.5 Å². The number of rotatable bonds is 7. The second-order valence-electron chi connectivity index (χ2n) is 7.83. The number of piperidine rings is 1. The standard InChI is InChI=1S/C24H31NO3/c1-2-6-20(7-3-1)18-27-23-11-9-22(10-12-23)25-15-13-21(14-16-25)19-28-24-8-4-5-17-26-24/h1-3,6-7,9-12,21,24H,4-5,8,13-19H2. The Kier molecular flexibility index (Phi) is 6.85. The van der Waals surface area contributed by atoms with Crippen LogP contribution in [0.5, 0.6) is 5.75 Å². The van der Waals surface area contributed by atoms with Gasteiger partial charge in [0.1, 0.15) is 12.4 Å². The van der Waals surface area contributed by atoms with E-state index in [4.69, 9.17) is 14.2 Å². The van der Waals surface area contributed by atoms with Crippen LogP contribution in [0.4, 0.5) is 5.69 Å². The molecule has 4 rings (SSSR count). The Balaban J connectivity index is 1.20. The van der Waals surface area contributed by atoms with Crippen molar-refractivity contribution in [1.82, 2.24) is 0 Å². The Hall–Kier alpha value is -2.04. The molecule has 0 bridgehead atoms. The van der Waals surface area contributed by atoms with Crippen LogP contribution in [0, 0.1) is 5.92 Å². The minimum atomic E-state index is 0.0372. The van der Waals surface area contributed by atoms with Crippen LogP contribution in [-0.4, -0.2) is 32.6 Å². The third kappa shape index (κ3) is 5.49. The van der Waals surface area contributed by atoms with E-state index in [0.717, 1.165) is 38.5 Å². The summed E-state index contributed by atoms with van der Waals surface area (Å²) in [5.74, 6) is 1.57. The molecule has 0 spiro atoms. The molecular formula is C24H31NO3. The Morgan fingerprint density at radius 3 is 2.39 bits per heavy atom. The lowest BCUT2D eigenvalue weighted by molar-refractivity contribution is -0.169. The van der Waals surface area contributed by atoms with E-state index in [1.807, 2.05) is 18.2 Å². The van der Waals surface area contributed by atoms with E-state index in [2.05, 4.69) is 41.3 Å². The van der Waals surface area contributed by atoms with Crippen LogP contribution in [0.15, 0.2) is 54.6 Å². The van der Waals surface area contributed by atoms with Gasteiger partial charge >= 0.3 is 0 Å². The molecule has 2 fully saturated rings. The first kappa shape index (κ1) is 19.3. The van der Waals surface area contributed by atoms with Crippen LogP contribution in [0.3, 0.4) is 0 Å². The number of ether oxygens (including phenoxy) is 3. The van der Waals surface area contributed by atoms with Gasteiger partial charge in [-0.3, -0.25) is 0 Å². The fourth-order valence-electron chi connectivity index (χ4n) is 3.94. The number of hydrogen-bond donors (Lipinski definition) is 0. The molecule has 0 saturated carbocycles. The Bertz CT molecular complexity index is 690. The highest BCUT2D eigenvalue weighted by Gasteiger charge is 2.22. The van der Waals surface area contributed by atoms with Crippen molar-refractivity contribution < 1.29 is 14.2 Å². The van der Waals surface area contributed by atoms with E-state index >= 15 is 0 Å². The van der Waals surface area contributed by atoms with Crippen molar-refractivity contribution in [2.45, 2.75) is 45.0 Å². The molecule has 1 atom stereocenters. The summed E-state index contributed by atoms with van der Waals surface area (Å²) in [6, 6.07) is 18.8. The first-order chi connectivity index (χ1) is 13.9. The highest BCUT2D eigenvalue weighted by atomic mass is 16.7. The van der Waals surface area contributed by atoms with Gasteiger partial charge in [-0.15, -0.1) is 0 Å². The molecule has 2 aliphatic heterocycles. The lowest BCUT2D eigenvalue weighted by Crippen LogP contribution is -2.36. The molecule has 2 heterocycles. The fraction of sp³-hybridized carbons (Fsp3) is 0.500. The van der Waals surface area contributed by atoms with Gasteiger partial charge in [-0.1, -0.05) is 30.3 Å². The maximum absolute atomic E-state index is 5.99. The lowest BCUT2D eigenvalue weighted by Gasteiger charge is -2.34. The van der Waals surface area contributed by atoms with Crippen LogP contribution < -0.4 is 9.64 Å². The van der Waals surface area contributed by atoms with Crippen LogP contribution >= 0.6 is 0 Å². The molecule has 1 unspecified atom stereocenters. The minimum Gasteiger partial charge on any atom is -0.489 e. The van der Waals surface area contributed by atoms with E-state index < -0.39 is 0 Å². The summed E-state index contributed by atoms with van der Waals surface area (Å²) >= 11 is 0. The maximum Gasteiger partial charge on any atom is 0.157 e. The van der Waals surface area contributed by atoms with Gasteiger partial charge in [0, 0.05) is 25.4 Å². The van der Waals surface area contributed by atoms with Crippen LogP contribution in [0.2, 0.25) is 0 Å². The predicted octanol–water partition coefficient (Wildman–Crippen LogP) is 5.03. The van der Waals surface area contributed by atoms with Crippen molar-refractivity contribution in [2.75, 3.05) is 31.2 Å².